The van der Waals surface area contributed by atoms with Gasteiger partial charge < -0.3 is 0 Å². The third kappa shape index (κ3) is 4.18. The number of hydrazine groups is 1. The van der Waals surface area contributed by atoms with Crippen LogP contribution in [0.5, 0.6) is 0 Å². The van der Waals surface area contributed by atoms with Gasteiger partial charge in [0.1, 0.15) is 0 Å². The highest BCUT2D eigenvalue weighted by Gasteiger charge is 2.06. The van der Waals surface area contributed by atoms with Gasteiger partial charge in [-0.15, -0.1) is 0 Å². The van der Waals surface area contributed by atoms with Crippen LogP contribution in [-0.4, -0.2) is 0 Å². The largest absolute Gasteiger partial charge is 0.280 e. The Balaban J connectivity index is 1.32. The van der Waals surface area contributed by atoms with Crippen LogP contribution in [0.1, 0.15) is 0 Å². The molecule has 5 aromatic rings. The van der Waals surface area contributed by atoms with Crippen molar-refractivity contribution in [2.24, 2.45) is 5.84 Å². The second-order valence-corrected chi connectivity index (χ2v) is 7.77. The molecule has 5 aromatic carbocycles. The maximum Gasteiger partial charge on any atom is 0.0575 e. The topological polar surface area (TPSA) is 29.3 Å². The zero-order valence-corrected chi connectivity index (χ0v) is 17.7. The van der Waals surface area contributed by atoms with Crippen LogP contribution < -0.4 is 10.9 Å². The summed E-state index contributed by atoms with van der Waals surface area (Å²) in [6.07, 6.45) is 0. The van der Waals surface area contributed by atoms with E-state index in [2.05, 4.69) is 97.1 Å². The maximum absolute atomic E-state index is 6.27. The second kappa shape index (κ2) is 8.93. The molecule has 0 heterocycles. The van der Waals surface area contributed by atoms with Crippen LogP contribution in [0.4, 0.5) is 11.4 Å². The molecule has 0 saturated carbocycles. The Hall–Kier alpha value is -4.14. The second-order valence-electron chi connectivity index (χ2n) is 7.77. The van der Waals surface area contributed by atoms with E-state index in [1.54, 1.807) is 5.01 Å². The van der Waals surface area contributed by atoms with Gasteiger partial charge in [-0.3, -0.25) is 5.01 Å². The summed E-state index contributed by atoms with van der Waals surface area (Å²) >= 11 is 0. The standard InChI is InChI=1S/C30H24N2/c31-32(29-9-5-2-6-10-29)30-21-19-28(20-22-30)27-17-15-26(16-18-27)25-13-11-24(12-14-25)23-7-3-1-4-8-23/h1-22H,31H2. The van der Waals surface area contributed by atoms with Crippen LogP contribution >= 0.6 is 0 Å². The monoisotopic (exact) mass is 412 g/mol. The first kappa shape index (κ1) is 19.8. The molecule has 0 bridgehead atoms. The van der Waals surface area contributed by atoms with Gasteiger partial charge in [-0.2, -0.15) is 0 Å². The molecule has 32 heavy (non-hydrogen) atoms. The molecule has 0 aliphatic heterocycles. The molecule has 0 amide bonds. The molecule has 0 aliphatic rings. The summed E-state index contributed by atoms with van der Waals surface area (Å²) in [5, 5.41) is 1.70. The molecule has 0 aliphatic carbocycles. The van der Waals surface area contributed by atoms with Gasteiger partial charge in [-0.25, -0.2) is 5.84 Å². The lowest BCUT2D eigenvalue weighted by atomic mass is 9.98. The zero-order valence-electron chi connectivity index (χ0n) is 17.7. The summed E-state index contributed by atoms with van der Waals surface area (Å²) in [5.41, 5.74) is 9.16. The van der Waals surface area contributed by atoms with Crippen molar-refractivity contribution in [2.75, 3.05) is 5.01 Å². The fourth-order valence-electron chi connectivity index (χ4n) is 3.89. The maximum atomic E-state index is 6.27. The molecule has 0 aromatic heterocycles. The Morgan fingerprint density at radius 2 is 0.594 bits per heavy atom. The number of para-hydroxylation sites is 1. The Morgan fingerprint density at radius 1 is 0.312 bits per heavy atom. The minimum atomic E-state index is 0.954. The predicted molar refractivity (Wildman–Crippen MR) is 136 cm³/mol. The average Bonchev–Trinajstić information content (AvgIpc) is 2.90. The third-order valence-corrected chi connectivity index (χ3v) is 5.72. The van der Waals surface area contributed by atoms with Gasteiger partial charge in [-0.1, -0.05) is 109 Å². The Labute approximate surface area is 189 Å². The van der Waals surface area contributed by atoms with Crippen LogP contribution in [-0.2, 0) is 0 Å². The average molecular weight is 413 g/mol. The van der Waals surface area contributed by atoms with Gasteiger partial charge in [0.05, 0.1) is 11.4 Å². The van der Waals surface area contributed by atoms with Crippen molar-refractivity contribution in [3.63, 3.8) is 0 Å². The molecule has 2 heteroatoms. The molecular formula is C30H24N2. The lowest BCUT2D eigenvalue weighted by Crippen LogP contribution is -2.24. The van der Waals surface area contributed by atoms with Crippen LogP contribution in [0.3, 0.4) is 0 Å². The number of anilines is 2. The summed E-state index contributed by atoms with van der Waals surface area (Å²) in [7, 11) is 0. The fraction of sp³-hybridized carbons (Fsp3) is 0. The molecular weight excluding hydrogens is 388 g/mol. The number of benzene rings is 5. The van der Waals surface area contributed by atoms with E-state index in [1.807, 2.05) is 36.4 Å². The third-order valence-electron chi connectivity index (χ3n) is 5.72. The van der Waals surface area contributed by atoms with E-state index < -0.39 is 0 Å². The van der Waals surface area contributed by atoms with Crippen molar-refractivity contribution < 1.29 is 0 Å². The van der Waals surface area contributed by atoms with Crippen LogP contribution in [0.25, 0.3) is 33.4 Å². The van der Waals surface area contributed by atoms with E-state index in [9.17, 15) is 0 Å². The highest BCUT2D eigenvalue weighted by Crippen LogP contribution is 2.29. The summed E-state index contributed by atoms with van der Waals surface area (Å²) in [5.74, 6) is 6.27. The molecule has 0 fully saturated rings. The summed E-state index contributed by atoms with van der Waals surface area (Å²) < 4.78 is 0. The van der Waals surface area contributed by atoms with E-state index in [0.717, 1.165) is 11.4 Å². The number of hydrogen-bond donors (Lipinski definition) is 1. The fourth-order valence-corrected chi connectivity index (χ4v) is 3.89. The Morgan fingerprint density at radius 3 is 1.00 bits per heavy atom. The lowest BCUT2D eigenvalue weighted by molar-refractivity contribution is 1.09. The van der Waals surface area contributed by atoms with E-state index >= 15 is 0 Å². The predicted octanol–water partition coefficient (Wildman–Crippen LogP) is 7.70. The molecule has 0 atom stereocenters. The quantitative estimate of drug-likeness (QED) is 0.237. The van der Waals surface area contributed by atoms with Crippen LogP contribution in [0, 0.1) is 0 Å². The minimum Gasteiger partial charge on any atom is -0.280 e. The normalized spacial score (nSPS) is 10.7. The Kier molecular flexibility index (Phi) is 5.52. The van der Waals surface area contributed by atoms with E-state index in [1.165, 1.54) is 33.4 Å². The molecule has 154 valence electrons. The first-order chi connectivity index (χ1) is 15.8. The summed E-state index contributed by atoms with van der Waals surface area (Å²) in [6, 6.07) is 46.2. The van der Waals surface area contributed by atoms with Crippen molar-refractivity contribution >= 4 is 11.4 Å². The van der Waals surface area contributed by atoms with Crippen molar-refractivity contribution in [2.45, 2.75) is 0 Å². The number of hydrogen-bond acceptors (Lipinski definition) is 2. The zero-order chi connectivity index (χ0) is 21.8. The van der Waals surface area contributed by atoms with E-state index in [4.69, 9.17) is 5.84 Å². The highest BCUT2D eigenvalue weighted by atomic mass is 15.4. The first-order valence-corrected chi connectivity index (χ1v) is 10.7. The molecule has 0 radical (unpaired) electrons. The van der Waals surface area contributed by atoms with Gasteiger partial charge in [0.15, 0.2) is 0 Å². The summed E-state index contributed by atoms with van der Waals surface area (Å²) in [4.78, 5) is 0. The Bertz CT molecular complexity index is 1280. The van der Waals surface area contributed by atoms with Crippen molar-refractivity contribution in [1.29, 1.82) is 0 Å². The molecule has 0 spiro atoms. The smallest absolute Gasteiger partial charge is 0.0575 e. The van der Waals surface area contributed by atoms with Gasteiger partial charge in [0.25, 0.3) is 0 Å². The van der Waals surface area contributed by atoms with Gasteiger partial charge in [-0.05, 0) is 57.6 Å². The molecule has 2 nitrogen and oxygen atoms in total. The highest BCUT2D eigenvalue weighted by molar-refractivity contribution is 5.74. The molecule has 0 unspecified atom stereocenters. The van der Waals surface area contributed by atoms with Gasteiger partial charge in [0.2, 0.25) is 0 Å². The van der Waals surface area contributed by atoms with E-state index in [0.29, 0.717) is 0 Å². The van der Waals surface area contributed by atoms with Crippen molar-refractivity contribution in [1.82, 2.24) is 0 Å². The van der Waals surface area contributed by atoms with Crippen molar-refractivity contribution in [3.8, 4) is 33.4 Å². The van der Waals surface area contributed by atoms with Gasteiger partial charge >= 0.3 is 0 Å². The minimum absolute atomic E-state index is 0.954. The first-order valence-electron chi connectivity index (χ1n) is 10.7. The molecule has 0 saturated heterocycles. The SMILES string of the molecule is NN(c1ccccc1)c1ccc(-c2ccc(-c3ccc(-c4ccccc4)cc3)cc2)cc1. The molecule has 5 rings (SSSR count). The number of rotatable bonds is 5. The van der Waals surface area contributed by atoms with Crippen LogP contribution in [0.15, 0.2) is 133 Å². The molecule has 2 N–H and O–H groups in total. The summed E-state index contributed by atoms with van der Waals surface area (Å²) in [6.45, 7) is 0. The van der Waals surface area contributed by atoms with Gasteiger partial charge in [0, 0.05) is 0 Å². The van der Waals surface area contributed by atoms with E-state index in [-0.39, 0.29) is 0 Å². The van der Waals surface area contributed by atoms with Crippen molar-refractivity contribution in [3.05, 3.63) is 133 Å². The number of nitrogens with two attached hydrogens (primary N) is 1. The number of nitrogens with zero attached hydrogens (tertiary/aromatic N) is 1. The van der Waals surface area contributed by atoms with Crippen LogP contribution in [0.2, 0.25) is 0 Å². The lowest BCUT2D eigenvalue weighted by Gasteiger charge is -2.19.